The predicted octanol–water partition coefficient (Wildman–Crippen LogP) is 4.68. The highest BCUT2D eigenvalue weighted by Crippen LogP contribution is 2.30. The van der Waals surface area contributed by atoms with E-state index < -0.39 is 17.8 Å². The first kappa shape index (κ1) is 22.1. The van der Waals surface area contributed by atoms with E-state index in [-0.39, 0.29) is 11.7 Å². The molecule has 5 N–H and O–H groups in total. The van der Waals surface area contributed by atoms with Gasteiger partial charge in [-0.2, -0.15) is 13.2 Å². The summed E-state index contributed by atoms with van der Waals surface area (Å²) in [5.74, 6) is 0. The van der Waals surface area contributed by atoms with Crippen molar-refractivity contribution in [2.24, 2.45) is 5.73 Å². The summed E-state index contributed by atoms with van der Waals surface area (Å²) in [6.07, 6.45) is -4.42. The number of carbonyl (C=O) groups is 2. The van der Waals surface area contributed by atoms with Crippen LogP contribution in [0.25, 0.3) is 0 Å². The zero-order chi connectivity index (χ0) is 20.4. The quantitative estimate of drug-likeness (QED) is 0.599. The van der Waals surface area contributed by atoms with Crippen molar-refractivity contribution in [2.75, 3.05) is 17.2 Å². The average Bonchev–Trinajstić information content (AvgIpc) is 2.57. The molecule has 2 aromatic rings. The number of hydrogen-bond acceptors (Lipinski definition) is 2. The van der Waals surface area contributed by atoms with Crippen molar-refractivity contribution in [3.63, 3.8) is 0 Å². The van der Waals surface area contributed by atoms with Crippen LogP contribution in [-0.4, -0.2) is 18.6 Å². The Morgan fingerprint density at radius 3 is 2.19 bits per heavy atom. The molecule has 6 nitrogen and oxygen atoms in total. The van der Waals surface area contributed by atoms with Gasteiger partial charge in [0.2, 0.25) is 0 Å². The van der Waals surface area contributed by atoms with Gasteiger partial charge in [-0.15, -0.1) is 0 Å². The molecule has 0 saturated heterocycles. The maximum absolute atomic E-state index is 12.2. The van der Waals surface area contributed by atoms with Crippen LogP contribution >= 0.6 is 11.6 Å². The van der Waals surface area contributed by atoms with Crippen molar-refractivity contribution < 1.29 is 22.8 Å². The molecule has 0 bridgehead atoms. The van der Waals surface area contributed by atoms with Crippen molar-refractivity contribution in [3.8, 4) is 0 Å². The molecule has 0 fully saturated rings. The van der Waals surface area contributed by atoms with Gasteiger partial charge in [-0.25, -0.2) is 9.59 Å². The summed E-state index contributed by atoms with van der Waals surface area (Å²) in [5, 5.41) is 8.00. The fourth-order valence-corrected chi connectivity index (χ4v) is 1.91. The van der Waals surface area contributed by atoms with Gasteiger partial charge in [0.05, 0.1) is 5.56 Å². The molecule has 0 atom stereocenters. The molecule has 0 aliphatic heterocycles. The van der Waals surface area contributed by atoms with Crippen LogP contribution in [-0.2, 0) is 6.18 Å². The topological polar surface area (TPSA) is 96.2 Å². The fourth-order valence-electron chi connectivity index (χ4n) is 1.78. The van der Waals surface area contributed by atoms with Crippen molar-refractivity contribution in [2.45, 2.75) is 13.1 Å². The standard InChI is InChI=1S/C9H11ClN2O.C8H7F3N2O/c1-2-11-9(13)12-8-5-3-7(10)4-6-8;9-8(10,11)5-2-1-3-6(4-5)13-7(12)14/h3-6H,2H2,1H3,(H2,11,12,13);1-4H,(H3,12,13,14). The summed E-state index contributed by atoms with van der Waals surface area (Å²) in [4.78, 5) is 21.4. The first-order valence-corrected chi connectivity index (χ1v) is 8.03. The van der Waals surface area contributed by atoms with E-state index in [1.807, 2.05) is 6.92 Å². The second-order valence-electron chi connectivity index (χ2n) is 5.06. The molecule has 0 aromatic heterocycles. The summed E-state index contributed by atoms with van der Waals surface area (Å²) < 4.78 is 36.5. The summed E-state index contributed by atoms with van der Waals surface area (Å²) in [7, 11) is 0. The number of nitrogens with two attached hydrogens (primary N) is 1. The lowest BCUT2D eigenvalue weighted by Crippen LogP contribution is -2.28. The van der Waals surface area contributed by atoms with Crippen LogP contribution in [0.1, 0.15) is 12.5 Å². The number of nitrogens with one attached hydrogen (secondary N) is 3. The number of hydrogen-bond donors (Lipinski definition) is 4. The summed E-state index contributed by atoms with van der Waals surface area (Å²) in [5.41, 5.74) is 4.67. The van der Waals surface area contributed by atoms with Crippen LogP contribution in [0.15, 0.2) is 48.5 Å². The van der Waals surface area contributed by atoms with Gasteiger partial charge >= 0.3 is 18.2 Å². The highest BCUT2D eigenvalue weighted by molar-refractivity contribution is 6.30. The lowest BCUT2D eigenvalue weighted by molar-refractivity contribution is -0.137. The Morgan fingerprint density at radius 2 is 1.67 bits per heavy atom. The van der Waals surface area contributed by atoms with E-state index in [2.05, 4.69) is 16.0 Å². The molecule has 0 aliphatic rings. The van der Waals surface area contributed by atoms with Crippen molar-refractivity contribution in [1.29, 1.82) is 0 Å². The SMILES string of the molecule is CCNC(=O)Nc1ccc(Cl)cc1.NC(=O)Nc1cccc(C(F)(F)F)c1. The zero-order valence-electron chi connectivity index (χ0n) is 14.2. The van der Waals surface area contributed by atoms with Gasteiger partial charge in [-0.3, -0.25) is 0 Å². The maximum atomic E-state index is 12.2. The second-order valence-corrected chi connectivity index (χ2v) is 5.50. The van der Waals surface area contributed by atoms with Crippen molar-refractivity contribution >= 4 is 35.0 Å². The summed E-state index contributed by atoms with van der Waals surface area (Å²) in [6.45, 7) is 2.47. The number of amides is 4. The smallest absolute Gasteiger partial charge is 0.351 e. The molecule has 0 heterocycles. The van der Waals surface area contributed by atoms with Crippen molar-refractivity contribution in [3.05, 3.63) is 59.1 Å². The second kappa shape index (κ2) is 10.3. The molecule has 2 aromatic carbocycles. The molecule has 146 valence electrons. The monoisotopic (exact) mass is 402 g/mol. The molecule has 0 aliphatic carbocycles. The van der Waals surface area contributed by atoms with Gasteiger partial charge < -0.3 is 21.7 Å². The van der Waals surface area contributed by atoms with Gasteiger partial charge in [-0.05, 0) is 49.4 Å². The van der Waals surface area contributed by atoms with Crippen LogP contribution in [0.3, 0.4) is 0 Å². The van der Waals surface area contributed by atoms with Crippen LogP contribution in [0.5, 0.6) is 0 Å². The Bertz CT molecular complexity index is 768. The third kappa shape index (κ3) is 8.82. The Kier molecular flexibility index (Phi) is 8.40. The highest BCUT2D eigenvalue weighted by atomic mass is 35.5. The van der Waals surface area contributed by atoms with E-state index in [4.69, 9.17) is 17.3 Å². The van der Waals surface area contributed by atoms with Gasteiger partial charge in [-0.1, -0.05) is 17.7 Å². The lowest BCUT2D eigenvalue weighted by atomic mass is 10.2. The molecule has 27 heavy (non-hydrogen) atoms. The predicted molar refractivity (Wildman–Crippen MR) is 98.8 cm³/mol. The zero-order valence-corrected chi connectivity index (χ0v) is 15.0. The Labute approximate surface area is 158 Å². The molecule has 0 radical (unpaired) electrons. The van der Waals surface area contributed by atoms with Gasteiger partial charge in [0, 0.05) is 22.9 Å². The first-order chi connectivity index (χ1) is 12.6. The molecular weight excluding hydrogens is 385 g/mol. The normalized spacial score (nSPS) is 10.3. The van der Waals surface area contributed by atoms with Crippen LogP contribution in [0.4, 0.5) is 34.1 Å². The van der Waals surface area contributed by atoms with Crippen LogP contribution in [0.2, 0.25) is 5.02 Å². The third-order valence-electron chi connectivity index (χ3n) is 2.90. The van der Waals surface area contributed by atoms with Crippen LogP contribution in [0, 0.1) is 0 Å². The number of carbonyl (C=O) groups excluding carboxylic acids is 2. The van der Waals surface area contributed by atoms with Gasteiger partial charge in [0.25, 0.3) is 0 Å². The van der Waals surface area contributed by atoms with Crippen LogP contribution < -0.4 is 21.7 Å². The number of anilines is 2. The molecule has 0 unspecified atom stereocenters. The molecule has 0 spiro atoms. The molecule has 0 saturated carbocycles. The van der Waals surface area contributed by atoms with E-state index in [9.17, 15) is 22.8 Å². The highest BCUT2D eigenvalue weighted by Gasteiger charge is 2.30. The van der Waals surface area contributed by atoms with E-state index >= 15 is 0 Å². The molecule has 10 heteroatoms. The van der Waals surface area contributed by atoms with Crippen molar-refractivity contribution in [1.82, 2.24) is 5.32 Å². The fraction of sp³-hybridized carbons (Fsp3) is 0.176. The number of rotatable bonds is 3. The Morgan fingerprint density at radius 1 is 1.04 bits per heavy atom. The first-order valence-electron chi connectivity index (χ1n) is 7.66. The summed E-state index contributed by atoms with van der Waals surface area (Å²) in [6, 6.07) is 10.1. The average molecular weight is 403 g/mol. The van der Waals surface area contributed by atoms with E-state index in [0.717, 1.165) is 17.8 Å². The number of benzene rings is 2. The molecular formula is C17H18ClF3N4O2. The van der Waals surface area contributed by atoms with Gasteiger partial charge in [0.1, 0.15) is 0 Å². The Hall–Kier alpha value is -2.94. The summed E-state index contributed by atoms with van der Waals surface area (Å²) >= 11 is 5.68. The molecule has 2 rings (SSSR count). The lowest BCUT2D eigenvalue weighted by Gasteiger charge is -2.08. The van der Waals surface area contributed by atoms with E-state index in [0.29, 0.717) is 11.6 Å². The number of alkyl halides is 3. The minimum Gasteiger partial charge on any atom is -0.351 e. The largest absolute Gasteiger partial charge is 0.416 e. The number of primary amides is 1. The molecule has 4 amide bonds. The van der Waals surface area contributed by atoms with Gasteiger partial charge in [0.15, 0.2) is 0 Å². The number of urea groups is 2. The number of halogens is 4. The minimum absolute atomic E-state index is 0.0207. The minimum atomic E-state index is -4.42. The maximum Gasteiger partial charge on any atom is 0.416 e. The third-order valence-corrected chi connectivity index (χ3v) is 3.15. The van der Waals surface area contributed by atoms with E-state index in [1.54, 1.807) is 24.3 Å². The Balaban J connectivity index is 0.000000271. The van der Waals surface area contributed by atoms with E-state index in [1.165, 1.54) is 12.1 Å².